The van der Waals surface area contributed by atoms with Crippen LogP contribution < -0.4 is 0 Å². The SMILES string of the molecule is CC1CCCC1C(=O)OCc1ccccc1. The van der Waals surface area contributed by atoms with Crippen LogP contribution >= 0.6 is 0 Å². The van der Waals surface area contributed by atoms with Gasteiger partial charge in [0.1, 0.15) is 6.61 Å². The van der Waals surface area contributed by atoms with Crippen LogP contribution in [0.1, 0.15) is 31.7 Å². The third kappa shape index (κ3) is 2.63. The highest BCUT2D eigenvalue weighted by atomic mass is 16.5. The Kier molecular flexibility index (Phi) is 3.60. The topological polar surface area (TPSA) is 26.3 Å². The van der Waals surface area contributed by atoms with E-state index in [1.807, 2.05) is 30.3 Å². The lowest BCUT2D eigenvalue weighted by Crippen LogP contribution is -2.19. The lowest BCUT2D eigenvalue weighted by atomic mass is 9.99. The molecule has 0 amide bonds. The zero-order valence-corrected chi connectivity index (χ0v) is 9.69. The molecule has 0 heterocycles. The van der Waals surface area contributed by atoms with E-state index in [0.29, 0.717) is 12.5 Å². The second-order valence-corrected chi connectivity index (χ2v) is 4.61. The highest BCUT2D eigenvalue weighted by Crippen LogP contribution is 2.32. The van der Waals surface area contributed by atoms with E-state index in [-0.39, 0.29) is 11.9 Å². The summed E-state index contributed by atoms with van der Waals surface area (Å²) in [5, 5.41) is 0. The highest BCUT2D eigenvalue weighted by Gasteiger charge is 2.30. The van der Waals surface area contributed by atoms with Crippen LogP contribution in [0, 0.1) is 11.8 Å². The first-order chi connectivity index (χ1) is 7.77. The molecule has 2 heteroatoms. The Morgan fingerprint density at radius 1 is 1.31 bits per heavy atom. The molecule has 0 bridgehead atoms. The molecule has 0 saturated heterocycles. The maximum atomic E-state index is 11.8. The van der Waals surface area contributed by atoms with Gasteiger partial charge in [0.25, 0.3) is 0 Å². The average molecular weight is 218 g/mol. The summed E-state index contributed by atoms with van der Waals surface area (Å²) in [5.74, 6) is 0.598. The number of carbonyl (C=O) groups is 1. The van der Waals surface area contributed by atoms with Crippen LogP contribution in [-0.2, 0) is 16.1 Å². The van der Waals surface area contributed by atoms with Gasteiger partial charge >= 0.3 is 5.97 Å². The predicted molar refractivity (Wildman–Crippen MR) is 62.7 cm³/mol. The quantitative estimate of drug-likeness (QED) is 0.728. The van der Waals surface area contributed by atoms with Crippen molar-refractivity contribution >= 4 is 5.97 Å². The number of ether oxygens (including phenoxy) is 1. The fourth-order valence-corrected chi connectivity index (χ4v) is 2.33. The molecule has 1 aromatic carbocycles. The summed E-state index contributed by atoms with van der Waals surface area (Å²) in [6.45, 7) is 2.55. The molecule has 2 atom stereocenters. The molecule has 1 aliphatic carbocycles. The summed E-state index contributed by atoms with van der Waals surface area (Å²) in [7, 11) is 0. The van der Waals surface area contributed by atoms with E-state index in [9.17, 15) is 4.79 Å². The molecular weight excluding hydrogens is 200 g/mol. The maximum Gasteiger partial charge on any atom is 0.309 e. The van der Waals surface area contributed by atoms with Crippen molar-refractivity contribution in [3.63, 3.8) is 0 Å². The van der Waals surface area contributed by atoms with Gasteiger partial charge in [0.2, 0.25) is 0 Å². The molecule has 16 heavy (non-hydrogen) atoms. The zero-order chi connectivity index (χ0) is 11.4. The molecule has 2 unspecified atom stereocenters. The first kappa shape index (κ1) is 11.2. The molecular formula is C14H18O2. The molecule has 0 N–H and O–H groups in total. The van der Waals surface area contributed by atoms with Crippen molar-refractivity contribution in [1.29, 1.82) is 0 Å². The highest BCUT2D eigenvalue weighted by molar-refractivity contribution is 5.73. The Morgan fingerprint density at radius 2 is 2.06 bits per heavy atom. The van der Waals surface area contributed by atoms with Gasteiger partial charge < -0.3 is 4.74 Å². The van der Waals surface area contributed by atoms with Crippen LogP contribution in [0.2, 0.25) is 0 Å². The molecule has 0 aliphatic heterocycles. The van der Waals surface area contributed by atoms with Crippen molar-refractivity contribution in [2.45, 2.75) is 32.8 Å². The fourth-order valence-electron chi connectivity index (χ4n) is 2.33. The second kappa shape index (κ2) is 5.15. The van der Waals surface area contributed by atoms with Crippen LogP contribution in [-0.4, -0.2) is 5.97 Å². The van der Waals surface area contributed by atoms with E-state index in [2.05, 4.69) is 6.92 Å². The standard InChI is InChI=1S/C14H18O2/c1-11-6-5-9-13(11)14(15)16-10-12-7-3-2-4-8-12/h2-4,7-8,11,13H,5-6,9-10H2,1H3. The van der Waals surface area contributed by atoms with Crippen molar-refractivity contribution in [3.8, 4) is 0 Å². The minimum atomic E-state index is -0.0196. The number of hydrogen-bond acceptors (Lipinski definition) is 2. The Balaban J connectivity index is 1.84. The van der Waals surface area contributed by atoms with E-state index in [0.717, 1.165) is 24.8 Å². The monoisotopic (exact) mass is 218 g/mol. The summed E-state index contributed by atoms with van der Waals surface area (Å²) < 4.78 is 5.34. The summed E-state index contributed by atoms with van der Waals surface area (Å²) in [6, 6.07) is 9.84. The van der Waals surface area contributed by atoms with Crippen LogP contribution in [0.4, 0.5) is 0 Å². The molecule has 1 aromatic rings. The lowest BCUT2D eigenvalue weighted by molar-refractivity contribution is -0.150. The van der Waals surface area contributed by atoms with Gasteiger partial charge in [-0.15, -0.1) is 0 Å². The van der Waals surface area contributed by atoms with Crippen LogP contribution in [0.25, 0.3) is 0 Å². The van der Waals surface area contributed by atoms with Crippen LogP contribution in [0.5, 0.6) is 0 Å². The molecule has 2 nitrogen and oxygen atoms in total. The van der Waals surface area contributed by atoms with Crippen molar-refractivity contribution in [2.75, 3.05) is 0 Å². The minimum absolute atomic E-state index is 0.0196. The summed E-state index contributed by atoms with van der Waals surface area (Å²) in [6.07, 6.45) is 3.31. The lowest BCUT2D eigenvalue weighted by Gasteiger charge is -2.14. The van der Waals surface area contributed by atoms with Crippen molar-refractivity contribution in [1.82, 2.24) is 0 Å². The number of carbonyl (C=O) groups excluding carboxylic acids is 1. The van der Waals surface area contributed by atoms with E-state index in [4.69, 9.17) is 4.74 Å². The van der Waals surface area contributed by atoms with Gasteiger partial charge in [-0.2, -0.15) is 0 Å². The van der Waals surface area contributed by atoms with Gasteiger partial charge in [-0.25, -0.2) is 0 Å². The number of esters is 1. The molecule has 0 radical (unpaired) electrons. The molecule has 1 aliphatic rings. The van der Waals surface area contributed by atoms with Crippen LogP contribution in [0.3, 0.4) is 0 Å². The molecule has 0 spiro atoms. The third-order valence-corrected chi connectivity index (χ3v) is 3.39. The Bertz CT molecular complexity index is 345. The van der Waals surface area contributed by atoms with Gasteiger partial charge in [-0.05, 0) is 24.3 Å². The van der Waals surface area contributed by atoms with Crippen molar-refractivity contribution in [3.05, 3.63) is 35.9 Å². The van der Waals surface area contributed by atoms with Crippen LogP contribution in [0.15, 0.2) is 30.3 Å². The predicted octanol–water partition coefficient (Wildman–Crippen LogP) is 3.17. The third-order valence-electron chi connectivity index (χ3n) is 3.39. The number of hydrogen-bond donors (Lipinski definition) is 0. The largest absolute Gasteiger partial charge is 0.461 e. The maximum absolute atomic E-state index is 11.8. The second-order valence-electron chi connectivity index (χ2n) is 4.61. The molecule has 1 saturated carbocycles. The molecule has 0 aromatic heterocycles. The normalized spacial score (nSPS) is 24.3. The Hall–Kier alpha value is -1.31. The van der Waals surface area contributed by atoms with E-state index in [1.165, 1.54) is 0 Å². The first-order valence-electron chi connectivity index (χ1n) is 5.98. The van der Waals surface area contributed by atoms with Gasteiger partial charge in [0, 0.05) is 0 Å². The zero-order valence-electron chi connectivity index (χ0n) is 9.69. The fraction of sp³-hybridized carbons (Fsp3) is 0.500. The van der Waals surface area contributed by atoms with E-state index in [1.54, 1.807) is 0 Å². The molecule has 2 rings (SSSR count). The summed E-state index contributed by atoms with van der Waals surface area (Å²) in [5.41, 5.74) is 1.06. The minimum Gasteiger partial charge on any atom is -0.461 e. The molecule has 86 valence electrons. The number of benzene rings is 1. The Morgan fingerprint density at radius 3 is 2.69 bits per heavy atom. The van der Waals surface area contributed by atoms with Crippen molar-refractivity contribution < 1.29 is 9.53 Å². The van der Waals surface area contributed by atoms with Gasteiger partial charge in [-0.3, -0.25) is 4.79 Å². The summed E-state index contributed by atoms with van der Waals surface area (Å²) in [4.78, 5) is 11.8. The average Bonchev–Trinajstić information content (AvgIpc) is 2.74. The van der Waals surface area contributed by atoms with E-state index < -0.39 is 0 Å². The number of rotatable bonds is 3. The first-order valence-corrected chi connectivity index (χ1v) is 5.98. The Labute approximate surface area is 96.6 Å². The van der Waals surface area contributed by atoms with Gasteiger partial charge in [0.05, 0.1) is 5.92 Å². The van der Waals surface area contributed by atoms with Gasteiger partial charge in [0.15, 0.2) is 0 Å². The molecule has 1 fully saturated rings. The summed E-state index contributed by atoms with van der Waals surface area (Å²) >= 11 is 0. The van der Waals surface area contributed by atoms with E-state index >= 15 is 0 Å². The smallest absolute Gasteiger partial charge is 0.309 e. The van der Waals surface area contributed by atoms with Crippen molar-refractivity contribution in [2.24, 2.45) is 11.8 Å². The van der Waals surface area contributed by atoms with Gasteiger partial charge in [-0.1, -0.05) is 43.7 Å².